The van der Waals surface area contributed by atoms with Crippen LogP contribution in [0.1, 0.15) is 24.5 Å². The van der Waals surface area contributed by atoms with Gasteiger partial charge in [-0.25, -0.2) is 0 Å². The van der Waals surface area contributed by atoms with Crippen molar-refractivity contribution in [3.63, 3.8) is 0 Å². The molecular weight excluding hydrogens is 318 g/mol. The molecular formula is C19H21N3O3. The number of carbonyl (C=O) groups is 3. The van der Waals surface area contributed by atoms with Crippen LogP contribution >= 0.6 is 0 Å². The van der Waals surface area contributed by atoms with Gasteiger partial charge in [-0.15, -0.1) is 0 Å². The maximum absolute atomic E-state index is 12.1. The summed E-state index contributed by atoms with van der Waals surface area (Å²) in [4.78, 5) is 35.2. The SMILES string of the molecule is CC(=O)Nc1cccc(NC(=O)CC(=O)Nc2cccc(C)c2C)c1. The van der Waals surface area contributed by atoms with Crippen LogP contribution in [0.4, 0.5) is 17.1 Å². The van der Waals surface area contributed by atoms with Crippen molar-refractivity contribution in [3.8, 4) is 0 Å². The van der Waals surface area contributed by atoms with Gasteiger partial charge in [0.15, 0.2) is 0 Å². The molecule has 3 amide bonds. The van der Waals surface area contributed by atoms with Crippen molar-refractivity contribution >= 4 is 34.8 Å². The molecule has 6 nitrogen and oxygen atoms in total. The molecule has 0 saturated heterocycles. The van der Waals surface area contributed by atoms with Crippen LogP contribution in [0.25, 0.3) is 0 Å². The van der Waals surface area contributed by atoms with E-state index in [0.29, 0.717) is 17.1 Å². The summed E-state index contributed by atoms with van der Waals surface area (Å²) in [6.07, 6.45) is -0.294. The number of anilines is 3. The van der Waals surface area contributed by atoms with E-state index in [2.05, 4.69) is 16.0 Å². The Balaban J connectivity index is 1.94. The van der Waals surface area contributed by atoms with Crippen LogP contribution in [-0.2, 0) is 14.4 Å². The molecule has 0 fully saturated rings. The third-order valence-electron chi connectivity index (χ3n) is 3.67. The number of aryl methyl sites for hydroxylation is 1. The van der Waals surface area contributed by atoms with Crippen molar-refractivity contribution in [1.82, 2.24) is 0 Å². The second-order valence-corrected chi connectivity index (χ2v) is 5.78. The maximum atomic E-state index is 12.1. The van der Waals surface area contributed by atoms with Crippen molar-refractivity contribution in [2.45, 2.75) is 27.2 Å². The zero-order chi connectivity index (χ0) is 18.4. The molecule has 0 spiro atoms. The van der Waals surface area contributed by atoms with Gasteiger partial charge in [0.2, 0.25) is 17.7 Å². The molecule has 0 aliphatic carbocycles. The molecule has 0 aliphatic heterocycles. The molecule has 0 saturated carbocycles. The summed E-state index contributed by atoms with van der Waals surface area (Å²) >= 11 is 0. The number of carbonyl (C=O) groups excluding carboxylic acids is 3. The monoisotopic (exact) mass is 339 g/mol. The molecule has 2 aromatic rings. The van der Waals surface area contributed by atoms with Gasteiger partial charge < -0.3 is 16.0 Å². The molecule has 0 atom stereocenters. The summed E-state index contributed by atoms with van der Waals surface area (Å²) in [6, 6.07) is 12.3. The largest absolute Gasteiger partial charge is 0.326 e. The number of hydrogen-bond acceptors (Lipinski definition) is 3. The highest BCUT2D eigenvalue weighted by molar-refractivity contribution is 6.08. The van der Waals surface area contributed by atoms with Gasteiger partial charge in [0, 0.05) is 24.0 Å². The van der Waals surface area contributed by atoms with Crippen LogP contribution in [0.5, 0.6) is 0 Å². The molecule has 130 valence electrons. The van der Waals surface area contributed by atoms with Gasteiger partial charge in [-0.05, 0) is 49.2 Å². The predicted molar refractivity (Wildman–Crippen MR) is 98.5 cm³/mol. The summed E-state index contributed by atoms with van der Waals surface area (Å²) < 4.78 is 0. The van der Waals surface area contributed by atoms with Gasteiger partial charge in [0.25, 0.3) is 0 Å². The van der Waals surface area contributed by atoms with Gasteiger partial charge in [-0.2, -0.15) is 0 Å². The fourth-order valence-electron chi connectivity index (χ4n) is 2.31. The standard InChI is InChI=1S/C19H21N3O3/c1-12-6-4-9-17(13(12)2)22-19(25)11-18(24)21-16-8-5-7-15(10-16)20-14(3)23/h4-10H,11H2,1-3H3,(H,20,23)(H,21,24)(H,22,25). The van der Waals surface area contributed by atoms with E-state index >= 15 is 0 Å². The lowest BCUT2D eigenvalue weighted by Gasteiger charge is -2.11. The Morgan fingerprint density at radius 1 is 0.840 bits per heavy atom. The minimum atomic E-state index is -0.428. The predicted octanol–water partition coefficient (Wildman–Crippen LogP) is 3.23. The van der Waals surface area contributed by atoms with Crippen LogP contribution in [0, 0.1) is 13.8 Å². The van der Waals surface area contributed by atoms with E-state index in [1.807, 2.05) is 26.0 Å². The van der Waals surface area contributed by atoms with E-state index in [0.717, 1.165) is 11.1 Å². The topological polar surface area (TPSA) is 87.3 Å². The smallest absolute Gasteiger partial charge is 0.233 e. The Labute approximate surface area is 146 Å². The molecule has 25 heavy (non-hydrogen) atoms. The van der Waals surface area contributed by atoms with E-state index in [1.54, 1.807) is 30.3 Å². The number of amides is 3. The summed E-state index contributed by atoms with van der Waals surface area (Å²) in [5.41, 5.74) is 3.82. The molecule has 6 heteroatoms. The molecule has 2 rings (SSSR count). The van der Waals surface area contributed by atoms with Crippen molar-refractivity contribution in [3.05, 3.63) is 53.6 Å². The zero-order valence-corrected chi connectivity index (χ0v) is 14.5. The molecule has 0 bridgehead atoms. The van der Waals surface area contributed by atoms with Crippen LogP contribution in [0.15, 0.2) is 42.5 Å². The lowest BCUT2D eigenvalue weighted by atomic mass is 10.1. The summed E-state index contributed by atoms with van der Waals surface area (Å²) in [5.74, 6) is -1.01. The highest BCUT2D eigenvalue weighted by Crippen LogP contribution is 2.18. The van der Waals surface area contributed by atoms with E-state index in [1.165, 1.54) is 6.92 Å². The van der Waals surface area contributed by atoms with Gasteiger partial charge >= 0.3 is 0 Å². The number of nitrogens with one attached hydrogen (secondary N) is 3. The molecule has 0 aliphatic rings. The molecule has 0 unspecified atom stereocenters. The van der Waals surface area contributed by atoms with Gasteiger partial charge in [-0.3, -0.25) is 14.4 Å². The van der Waals surface area contributed by atoms with E-state index in [9.17, 15) is 14.4 Å². The van der Waals surface area contributed by atoms with Crippen molar-refractivity contribution in [2.75, 3.05) is 16.0 Å². The van der Waals surface area contributed by atoms with Crippen molar-refractivity contribution < 1.29 is 14.4 Å². The molecule has 0 heterocycles. The quantitative estimate of drug-likeness (QED) is 0.731. The number of rotatable bonds is 5. The lowest BCUT2D eigenvalue weighted by Crippen LogP contribution is -2.22. The third-order valence-corrected chi connectivity index (χ3v) is 3.67. The van der Waals surface area contributed by atoms with Crippen LogP contribution in [0.2, 0.25) is 0 Å². The summed E-state index contributed by atoms with van der Waals surface area (Å²) in [6.45, 7) is 5.28. The van der Waals surface area contributed by atoms with E-state index in [4.69, 9.17) is 0 Å². The Morgan fingerprint density at radius 2 is 1.44 bits per heavy atom. The molecule has 3 N–H and O–H groups in total. The first-order valence-electron chi connectivity index (χ1n) is 7.88. The Kier molecular flexibility index (Phi) is 5.89. The molecule has 0 radical (unpaired) electrons. The highest BCUT2D eigenvalue weighted by atomic mass is 16.2. The normalized spacial score (nSPS) is 10.0. The van der Waals surface area contributed by atoms with E-state index in [-0.39, 0.29) is 18.2 Å². The second-order valence-electron chi connectivity index (χ2n) is 5.78. The molecule has 2 aromatic carbocycles. The first-order chi connectivity index (χ1) is 11.8. The minimum absolute atomic E-state index is 0.198. The summed E-state index contributed by atoms with van der Waals surface area (Å²) in [7, 11) is 0. The van der Waals surface area contributed by atoms with Crippen molar-refractivity contribution in [1.29, 1.82) is 0 Å². The average molecular weight is 339 g/mol. The van der Waals surface area contributed by atoms with Crippen LogP contribution in [0.3, 0.4) is 0 Å². The van der Waals surface area contributed by atoms with Crippen LogP contribution in [-0.4, -0.2) is 17.7 Å². The maximum Gasteiger partial charge on any atom is 0.233 e. The third kappa shape index (κ3) is 5.46. The van der Waals surface area contributed by atoms with Gasteiger partial charge in [-0.1, -0.05) is 18.2 Å². The first kappa shape index (κ1) is 18.2. The Hall–Kier alpha value is -3.15. The summed E-state index contributed by atoms with van der Waals surface area (Å²) in [5, 5.41) is 8.03. The minimum Gasteiger partial charge on any atom is -0.326 e. The second kappa shape index (κ2) is 8.10. The van der Waals surface area contributed by atoms with Crippen molar-refractivity contribution in [2.24, 2.45) is 0 Å². The Bertz CT molecular complexity index is 815. The first-order valence-corrected chi connectivity index (χ1v) is 7.88. The average Bonchev–Trinajstić information content (AvgIpc) is 2.51. The fraction of sp³-hybridized carbons (Fsp3) is 0.211. The van der Waals surface area contributed by atoms with Gasteiger partial charge in [0.1, 0.15) is 6.42 Å². The van der Waals surface area contributed by atoms with Gasteiger partial charge in [0.05, 0.1) is 0 Å². The fourth-order valence-corrected chi connectivity index (χ4v) is 2.31. The molecule has 0 aromatic heterocycles. The highest BCUT2D eigenvalue weighted by Gasteiger charge is 2.12. The van der Waals surface area contributed by atoms with E-state index < -0.39 is 5.91 Å². The Morgan fingerprint density at radius 3 is 2.12 bits per heavy atom. The number of benzene rings is 2. The lowest BCUT2D eigenvalue weighted by molar-refractivity contribution is -0.123. The number of hydrogen-bond donors (Lipinski definition) is 3. The zero-order valence-electron chi connectivity index (χ0n) is 14.5. The van der Waals surface area contributed by atoms with Crippen LogP contribution < -0.4 is 16.0 Å².